The highest BCUT2D eigenvalue weighted by Crippen LogP contribution is 2.35. The van der Waals surface area contributed by atoms with Gasteiger partial charge < -0.3 is 10.1 Å². The highest BCUT2D eigenvalue weighted by Gasteiger charge is 2.34. The molecule has 98 valence electrons. The number of nitrogens with one attached hydrogen (secondary N) is 1. The van der Waals surface area contributed by atoms with Crippen molar-refractivity contribution in [2.24, 2.45) is 0 Å². The van der Waals surface area contributed by atoms with Crippen molar-refractivity contribution in [1.29, 1.82) is 0 Å². The minimum atomic E-state index is -0.132. The Morgan fingerprint density at radius 1 is 1.41 bits per heavy atom. The van der Waals surface area contributed by atoms with Crippen molar-refractivity contribution >= 4 is 11.3 Å². The Labute approximate surface area is 109 Å². The molecule has 0 fully saturated rings. The van der Waals surface area contributed by atoms with E-state index in [9.17, 15) is 0 Å². The van der Waals surface area contributed by atoms with Gasteiger partial charge in [-0.25, -0.2) is 0 Å². The fraction of sp³-hybridized carbons (Fsp3) is 0.714. The maximum absolute atomic E-state index is 5.75. The van der Waals surface area contributed by atoms with Gasteiger partial charge in [-0.1, -0.05) is 13.8 Å². The van der Waals surface area contributed by atoms with Crippen molar-refractivity contribution in [2.45, 2.75) is 52.2 Å². The number of ether oxygens (including phenoxy) is 1. The first kappa shape index (κ1) is 14.7. The molecule has 0 spiro atoms. The molecule has 17 heavy (non-hydrogen) atoms. The molecule has 0 aliphatic rings. The Balaban J connectivity index is 2.94. The monoisotopic (exact) mass is 255 g/mol. The van der Waals surface area contributed by atoms with Gasteiger partial charge in [-0.3, -0.25) is 0 Å². The summed E-state index contributed by atoms with van der Waals surface area (Å²) in [7, 11) is 1.81. The van der Waals surface area contributed by atoms with Gasteiger partial charge in [0.2, 0.25) is 0 Å². The van der Waals surface area contributed by atoms with Crippen LogP contribution in [-0.2, 0) is 4.74 Å². The van der Waals surface area contributed by atoms with Crippen LogP contribution in [0.1, 0.15) is 49.4 Å². The van der Waals surface area contributed by atoms with Gasteiger partial charge in [0.25, 0.3) is 0 Å². The van der Waals surface area contributed by atoms with Gasteiger partial charge in [0.1, 0.15) is 0 Å². The number of aryl methyl sites for hydroxylation is 1. The predicted octanol–water partition coefficient (Wildman–Crippen LogP) is 3.91. The molecule has 1 aromatic heterocycles. The first-order chi connectivity index (χ1) is 8.07. The van der Waals surface area contributed by atoms with E-state index in [0.29, 0.717) is 0 Å². The Morgan fingerprint density at radius 2 is 2.12 bits per heavy atom. The second kappa shape index (κ2) is 6.53. The van der Waals surface area contributed by atoms with E-state index in [1.807, 2.05) is 18.4 Å². The van der Waals surface area contributed by atoms with Crippen LogP contribution in [0.3, 0.4) is 0 Å². The lowest BCUT2D eigenvalue weighted by atomic mass is 9.91. The Morgan fingerprint density at radius 3 is 2.53 bits per heavy atom. The number of hydrogen-bond acceptors (Lipinski definition) is 3. The lowest BCUT2D eigenvalue weighted by Gasteiger charge is -2.36. The van der Waals surface area contributed by atoms with Gasteiger partial charge in [0.15, 0.2) is 0 Å². The largest absolute Gasteiger partial charge is 0.377 e. The molecular formula is C14H25NOS. The fourth-order valence-electron chi connectivity index (χ4n) is 1.98. The van der Waals surface area contributed by atoms with Crippen LogP contribution in [-0.4, -0.2) is 19.3 Å². The van der Waals surface area contributed by atoms with Gasteiger partial charge in [-0.15, -0.1) is 11.3 Å². The van der Waals surface area contributed by atoms with Crippen LogP contribution in [0.15, 0.2) is 12.1 Å². The van der Waals surface area contributed by atoms with Crippen molar-refractivity contribution in [1.82, 2.24) is 5.32 Å². The summed E-state index contributed by atoms with van der Waals surface area (Å²) in [6, 6.07) is 4.70. The molecule has 0 saturated heterocycles. The first-order valence-corrected chi connectivity index (χ1v) is 7.24. The average Bonchev–Trinajstić information content (AvgIpc) is 2.75. The van der Waals surface area contributed by atoms with Gasteiger partial charge in [-0.2, -0.15) is 0 Å². The smallest absolute Gasteiger partial charge is 0.0849 e. The molecule has 0 amide bonds. The van der Waals surface area contributed by atoms with Crippen molar-refractivity contribution in [2.75, 3.05) is 13.7 Å². The standard InChI is InChI=1S/C14H25NOS/c1-6-10-15-13(14(4,7-2)16-5)12-9-8-11(3)17-12/h8-9,13,15H,6-7,10H2,1-5H3. The lowest BCUT2D eigenvalue weighted by Crippen LogP contribution is -2.42. The summed E-state index contributed by atoms with van der Waals surface area (Å²) in [6.45, 7) is 9.75. The summed E-state index contributed by atoms with van der Waals surface area (Å²) >= 11 is 1.86. The molecule has 0 aromatic carbocycles. The lowest BCUT2D eigenvalue weighted by molar-refractivity contribution is -0.0289. The zero-order valence-electron chi connectivity index (χ0n) is 11.7. The zero-order chi connectivity index (χ0) is 12.9. The van der Waals surface area contributed by atoms with E-state index in [-0.39, 0.29) is 11.6 Å². The molecule has 0 saturated carbocycles. The van der Waals surface area contributed by atoms with E-state index in [1.54, 1.807) is 0 Å². The van der Waals surface area contributed by atoms with Crippen molar-refractivity contribution in [3.05, 3.63) is 21.9 Å². The van der Waals surface area contributed by atoms with Crippen molar-refractivity contribution in [3.8, 4) is 0 Å². The van der Waals surface area contributed by atoms with Crippen molar-refractivity contribution in [3.63, 3.8) is 0 Å². The third-order valence-electron chi connectivity index (χ3n) is 3.42. The normalized spacial score (nSPS) is 16.8. The summed E-state index contributed by atoms with van der Waals surface area (Å²) in [4.78, 5) is 2.74. The summed E-state index contributed by atoms with van der Waals surface area (Å²) in [6.07, 6.45) is 2.15. The van der Waals surface area contributed by atoms with E-state index in [1.165, 1.54) is 9.75 Å². The molecule has 1 rings (SSSR count). The van der Waals surface area contributed by atoms with Gasteiger partial charge in [-0.05, 0) is 45.4 Å². The van der Waals surface area contributed by atoms with Crippen LogP contribution in [0.4, 0.5) is 0 Å². The molecule has 2 unspecified atom stereocenters. The summed E-state index contributed by atoms with van der Waals surface area (Å²) in [5, 5.41) is 3.63. The molecule has 0 radical (unpaired) electrons. The van der Waals surface area contributed by atoms with Crippen LogP contribution < -0.4 is 5.32 Å². The number of thiophene rings is 1. The molecule has 0 aliphatic carbocycles. The van der Waals surface area contributed by atoms with E-state index in [2.05, 4.69) is 45.1 Å². The minimum absolute atomic E-state index is 0.132. The number of rotatable bonds is 7. The Bertz CT molecular complexity index is 331. The summed E-state index contributed by atoms with van der Waals surface area (Å²) in [5.74, 6) is 0. The highest BCUT2D eigenvalue weighted by atomic mass is 32.1. The molecule has 1 N–H and O–H groups in total. The summed E-state index contributed by atoms with van der Waals surface area (Å²) in [5.41, 5.74) is -0.132. The molecule has 2 atom stereocenters. The number of hydrogen-bond donors (Lipinski definition) is 1. The highest BCUT2D eigenvalue weighted by molar-refractivity contribution is 7.12. The van der Waals surface area contributed by atoms with Gasteiger partial charge >= 0.3 is 0 Å². The van der Waals surface area contributed by atoms with Crippen LogP contribution in [0.25, 0.3) is 0 Å². The molecule has 0 bridgehead atoms. The molecule has 1 heterocycles. The van der Waals surface area contributed by atoms with Crippen LogP contribution >= 0.6 is 11.3 Å². The topological polar surface area (TPSA) is 21.3 Å². The Hall–Kier alpha value is -0.380. The molecule has 3 heteroatoms. The molecular weight excluding hydrogens is 230 g/mol. The van der Waals surface area contributed by atoms with Crippen molar-refractivity contribution < 1.29 is 4.74 Å². The summed E-state index contributed by atoms with van der Waals surface area (Å²) < 4.78 is 5.75. The second-order valence-electron chi connectivity index (χ2n) is 4.71. The zero-order valence-corrected chi connectivity index (χ0v) is 12.5. The molecule has 0 aliphatic heterocycles. The van der Waals surface area contributed by atoms with E-state index in [4.69, 9.17) is 4.74 Å². The second-order valence-corrected chi connectivity index (χ2v) is 6.03. The van der Waals surface area contributed by atoms with E-state index in [0.717, 1.165) is 19.4 Å². The maximum atomic E-state index is 5.75. The quantitative estimate of drug-likeness (QED) is 0.797. The maximum Gasteiger partial charge on any atom is 0.0849 e. The van der Waals surface area contributed by atoms with Gasteiger partial charge in [0.05, 0.1) is 11.6 Å². The number of methoxy groups -OCH3 is 1. The molecule has 1 aromatic rings. The van der Waals surface area contributed by atoms with E-state index >= 15 is 0 Å². The van der Waals surface area contributed by atoms with E-state index < -0.39 is 0 Å². The van der Waals surface area contributed by atoms with Gasteiger partial charge in [0, 0.05) is 16.9 Å². The first-order valence-electron chi connectivity index (χ1n) is 6.42. The van der Waals surface area contributed by atoms with Crippen LogP contribution in [0.2, 0.25) is 0 Å². The van der Waals surface area contributed by atoms with Crippen LogP contribution in [0, 0.1) is 6.92 Å². The SMILES string of the molecule is CCCNC(c1ccc(C)s1)C(C)(CC)OC. The Kier molecular flexibility index (Phi) is 5.63. The van der Waals surface area contributed by atoms with Crippen LogP contribution in [0.5, 0.6) is 0 Å². The average molecular weight is 255 g/mol. The molecule has 2 nitrogen and oxygen atoms in total. The third kappa shape index (κ3) is 3.54. The fourth-order valence-corrected chi connectivity index (χ4v) is 3.08. The predicted molar refractivity (Wildman–Crippen MR) is 75.8 cm³/mol. The third-order valence-corrected chi connectivity index (χ3v) is 4.49. The minimum Gasteiger partial charge on any atom is -0.377 e.